The summed E-state index contributed by atoms with van der Waals surface area (Å²) in [6.07, 6.45) is 1.49. The number of rotatable bonds is 4. The fraction of sp³-hybridized carbons (Fsp3) is 0.231. The van der Waals surface area contributed by atoms with Crippen molar-refractivity contribution in [3.63, 3.8) is 0 Å². The highest BCUT2D eigenvalue weighted by molar-refractivity contribution is 5.39. The normalized spacial score (nSPS) is 10.0. The fourth-order valence-corrected chi connectivity index (χ4v) is 1.47. The van der Waals surface area contributed by atoms with E-state index in [4.69, 9.17) is 4.74 Å². The molecule has 0 amide bonds. The van der Waals surface area contributed by atoms with E-state index in [1.54, 1.807) is 6.07 Å². The molecule has 0 saturated heterocycles. The van der Waals surface area contributed by atoms with Gasteiger partial charge in [0.05, 0.1) is 0 Å². The first kappa shape index (κ1) is 11.4. The minimum absolute atomic E-state index is 0.543. The van der Waals surface area contributed by atoms with Crippen molar-refractivity contribution in [1.82, 2.24) is 9.97 Å². The number of hydrogen-bond acceptors (Lipinski definition) is 4. The summed E-state index contributed by atoms with van der Waals surface area (Å²) in [5, 5.41) is 3.11. The Balaban J connectivity index is 2.15. The molecule has 0 aliphatic rings. The molecule has 0 bridgehead atoms. The Labute approximate surface area is 101 Å². The lowest BCUT2D eigenvalue weighted by atomic mass is 10.2. The maximum Gasteiger partial charge on any atom is 0.224 e. The van der Waals surface area contributed by atoms with Crippen LogP contribution in [0.5, 0.6) is 11.6 Å². The summed E-state index contributed by atoms with van der Waals surface area (Å²) >= 11 is 0. The zero-order valence-electron chi connectivity index (χ0n) is 9.97. The molecule has 4 heteroatoms. The van der Waals surface area contributed by atoms with Crippen LogP contribution >= 0.6 is 0 Å². The Morgan fingerprint density at radius 3 is 2.88 bits per heavy atom. The lowest BCUT2D eigenvalue weighted by Gasteiger charge is -2.07. The Morgan fingerprint density at radius 2 is 2.12 bits per heavy atom. The first-order chi connectivity index (χ1) is 8.28. The topological polar surface area (TPSA) is 47.0 Å². The summed E-state index contributed by atoms with van der Waals surface area (Å²) < 4.78 is 5.66. The number of benzene rings is 1. The predicted octanol–water partition coefficient (Wildman–Crippen LogP) is 3.01. The first-order valence-corrected chi connectivity index (χ1v) is 5.58. The van der Waals surface area contributed by atoms with Crippen molar-refractivity contribution < 1.29 is 4.74 Å². The van der Waals surface area contributed by atoms with Crippen LogP contribution in [0, 0.1) is 6.92 Å². The summed E-state index contributed by atoms with van der Waals surface area (Å²) in [6.45, 7) is 4.86. The van der Waals surface area contributed by atoms with Gasteiger partial charge in [-0.25, -0.2) is 9.97 Å². The molecule has 88 valence electrons. The van der Waals surface area contributed by atoms with Gasteiger partial charge in [0.2, 0.25) is 5.88 Å². The van der Waals surface area contributed by atoms with E-state index in [-0.39, 0.29) is 0 Å². The van der Waals surface area contributed by atoms with E-state index in [0.29, 0.717) is 5.88 Å². The highest BCUT2D eigenvalue weighted by atomic mass is 16.5. The van der Waals surface area contributed by atoms with Gasteiger partial charge in [0.25, 0.3) is 0 Å². The molecule has 0 spiro atoms. The number of aromatic nitrogens is 2. The van der Waals surface area contributed by atoms with E-state index in [1.807, 2.05) is 38.1 Å². The average molecular weight is 229 g/mol. The van der Waals surface area contributed by atoms with Crippen molar-refractivity contribution in [3.05, 3.63) is 42.2 Å². The van der Waals surface area contributed by atoms with Crippen molar-refractivity contribution in [3.8, 4) is 11.6 Å². The second-order valence-electron chi connectivity index (χ2n) is 3.69. The SMILES string of the molecule is CCNc1cc(Oc2cccc(C)c2)ncn1. The molecule has 1 heterocycles. The molecule has 0 atom stereocenters. The third kappa shape index (κ3) is 3.17. The maximum absolute atomic E-state index is 5.66. The minimum atomic E-state index is 0.543. The number of nitrogens with zero attached hydrogens (tertiary/aromatic N) is 2. The van der Waals surface area contributed by atoms with Crippen molar-refractivity contribution >= 4 is 5.82 Å². The quantitative estimate of drug-likeness (QED) is 0.875. The molecular formula is C13H15N3O. The standard InChI is InChI=1S/C13H15N3O/c1-3-14-12-8-13(16-9-15-12)17-11-6-4-5-10(2)7-11/h4-9H,3H2,1-2H3,(H,14,15,16). The molecule has 1 aromatic heterocycles. The van der Waals surface area contributed by atoms with E-state index >= 15 is 0 Å². The molecule has 0 fully saturated rings. The van der Waals surface area contributed by atoms with Crippen LogP contribution in [0.3, 0.4) is 0 Å². The Kier molecular flexibility index (Phi) is 3.55. The Bertz CT molecular complexity index is 500. The zero-order valence-corrected chi connectivity index (χ0v) is 9.97. The maximum atomic E-state index is 5.66. The number of aryl methyl sites for hydroxylation is 1. The second-order valence-corrected chi connectivity index (χ2v) is 3.69. The molecule has 0 unspecified atom stereocenters. The van der Waals surface area contributed by atoms with Gasteiger partial charge in [0.1, 0.15) is 17.9 Å². The molecule has 0 aliphatic carbocycles. The highest BCUT2D eigenvalue weighted by Crippen LogP contribution is 2.21. The van der Waals surface area contributed by atoms with Gasteiger partial charge in [-0.15, -0.1) is 0 Å². The number of hydrogen-bond donors (Lipinski definition) is 1. The Morgan fingerprint density at radius 1 is 1.24 bits per heavy atom. The molecule has 0 radical (unpaired) electrons. The van der Waals surface area contributed by atoms with Crippen LogP contribution < -0.4 is 10.1 Å². The van der Waals surface area contributed by atoms with E-state index in [1.165, 1.54) is 6.33 Å². The first-order valence-electron chi connectivity index (χ1n) is 5.58. The van der Waals surface area contributed by atoms with Crippen LogP contribution in [0.2, 0.25) is 0 Å². The molecule has 17 heavy (non-hydrogen) atoms. The third-order valence-electron chi connectivity index (χ3n) is 2.21. The molecule has 1 aromatic carbocycles. The van der Waals surface area contributed by atoms with Crippen LogP contribution in [0.1, 0.15) is 12.5 Å². The predicted molar refractivity (Wildman–Crippen MR) is 67.4 cm³/mol. The van der Waals surface area contributed by atoms with Gasteiger partial charge in [-0.2, -0.15) is 0 Å². The molecule has 4 nitrogen and oxygen atoms in total. The zero-order chi connectivity index (χ0) is 12.1. The van der Waals surface area contributed by atoms with Gasteiger partial charge in [0.15, 0.2) is 0 Å². The monoisotopic (exact) mass is 229 g/mol. The summed E-state index contributed by atoms with van der Waals surface area (Å²) in [7, 11) is 0. The summed E-state index contributed by atoms with van der Waals surface area (Å²) in [5.41, 5.74) is 1.16. The van der Waals surface area contributed by atoms with E-state index in [0.717, 1.165) is 23.7 Å². The largest absolute Gasteiger partial charge is 0.439 e. The lowest BCUT2D eigenvalue weighted by molar-refractivity contribution is 0.461. The molecular weight excluding hydrogens is 214 g/mol. The fourth-order valence-electron chi connectivity index (χ4n) is 1.47. The third-order valence-corrected chi connectivity index (χ3v) is 2.21. The highest BCUT2D eigenvalue weighted by Gasteiger charge is 2.00. The summed E-state index contributed by atoms with van der Waals surface area (Å²) in [6, 6.07) is 9.64. The summed E-state index contributed by atoms with van der Waals surface area (Å²) in [5.74, 6) is 2.10. The van der Waals surface area contributed by atoms with E-state index in [9.17, 15) is 0 Å². The van der Waals surface area contributed by atoms with E-state index in [2.05, 4.69) is 15.3 Å². The molecule has 2 aromatic rings. The number of nitrogens with one attached hydrogen (secondary N) is 1. The van der Waals surface area contributed by atoms with Crippen LogP contribution in [-0.4, -0.2) is 16.5 Å². The average Bonchev–Trinajstić information content (AvgIpc) is 2.30. The van der Waals surface area contributed by atoms with Gasteiger partial charge >= 0.3 is 0 Å². The van der Waals surface area contributed by atoms with Crippen LogP contribution in [0.4, 0.5) is 5.82 Å². The van der Waals surface area contributed by atoms with Crippen LogP contribution in [0.25, 0.3) is 0 Å². The number of ether oxygens (including phenoxy) is 1. The number of anilines is 1. The molecule has 1 N–H and O–H groups in total. The molecule has 0 saturated carbocycles. The van der Waals surface area contributed by atoms with E-state index < -0.39 is 0 Å². The van der Waals surface area contributed by atoms with Gasteiger partial charge in [-0.05, 0) is 31.5 Å². The smallest absolute Gasteiger partial charge is 0.224 e. The minimum Gasteiger partial charge on any atom is -0.439 e. The van der Waals surface area contributed by atoms with Crippen molar-refractivity contribution in [1.29, 1.82) is 0 Å². The van der Waals surface area contributed by atoms with Crippen LogP contribution in [-0.2, 0) is 0 Å². The van der Waals surface area contributed by atoms with Crippen molar-refractivity contribution in [2.24, 2.45) is 0 Å². The summed E-state index contributed by atoms with van der Waals surface area (Å²) in [4.78, 5) is 8.16. The lowest BCUT2D eigenvalue weighted by Crippen LogP contribution is -2.00. The molecule has 2 rings (SSSR count). The van der Waals surface area contributed by atoms with Gasteiger partial charge < -0.3 is 10.1 Å². The van der Waals surface area contributed by atoms with Gasteiger partial charge in [-0.3, -0.25) is 0 Å². The van der Waals surface area contributed by atoms with Gasteiger partial charge in [-0.1, -0.05) is 12.1 Å². The van der Waals surface area contributed by atoms with Crippen molar-refractivity contribution in [2.75, 3.05) is 11.9 Å². The second kappa shape index (κ2) is 5.30. The Hall–Kier alpha value is -2.10. The van der Waals surface area contributed by atoms with Crippen molar-refractivity contribution in [2.45, 2.75) is 13.8 Å². The van der Waals surface area contributed by atoms with Gasteiger partial charge in [0, 0.05) is 12.6 Å². The van der Waals surface area contributed by atoms with Crippen LogP contribution in [0.15, 0.2) is 36.7 Å². The molecule has 0 aliphatic heterocycles.